The molecule has 0 amide bonds. The van der Waals surface area contributed by atoms with Gasteiger partial charge in [-0.3, -0.25) is 0 Å². The fraction of sp³-hybridized carbons (Fsp3) is 0.625. The van der Waals surface area contributed by atoms with E-state index in [1.807, 2.05) is 0 Å². The van der Waals surface area contributed by atoms with Crippen LogP contribution < -0.4 is 5.32 Å². The quantitative estimate of drug-likeness (QED) is 0.800. The van der Waals surface area contributed by atoms with Gasteiger partial charge in [0.1, 0.15) is 0 Å². The Bertz CT molecular complexity index is 341. The van der Waals surface area contributed by atoms with Crippen molar-refractivity contribution in [2.24, 2.45) is 5.92 Å². The zero-order valence-corrected chi connectivity index (χ0v) is 12.9. The topological polar surface area (TPSA) is 12.0 Å². The molecule has 0 unspecified atom stereocenters. The first-order valence-electron chi connectivity index (χ1n) is 7.24. The lowest BCUT2D eigenvalue weighted by Gasteiger charge is -2.22. The van der Waals surface area contributed by atoms with Crippen LogP contribution in [-0.2, 0) is 0 Å². The molecule has 2 rings (SSSR count). The number of hydrogen-bond acceptors (Lipinski definition) is 1. The van der Waals surface area contributed by atoms with E-state index in [0.29, 0.717) is 6.04 Å². The van der Waals surface area contributed by atoms with E-state index in [1.165, 1.54) is 44.1 Å². The second kappa shape index (κ2) is 7.30. The minimum atomic E-state index is 0.460. The minimum absolute atomic E-state index is 0.460. The summed E-state index contributed by atoms with van der Waals surface area (Å²) in [4.78, 5) is 0. The molecule has 0 aromatic heterocycles. The maximum atomic E-state index is 3.65. The van der Waals surface area contributed by atoms with Crippen molar-refractivity contribution in [1.82, 2.24) is 5.32 Å². The lowest BCUT2D eigenvalue weighted by Crippen LogP contribution is -2.22. The number of nitrogens with one attached hydrogen (secondary N) is 1. The van der Waals surface area contributed by atoms with Crippen LogP contribution in [0.1, 0.15) is 57.1 Å². The van der Waals surface area contributed by atoms with Gasteiger partial charge in [-0.15, -0.1) is 0 Å². The van der Waals surface area contributed by atoms with Gasteiger partial charge in [-0.05, 0) is 43.5 Å². The van der Waals surface area contributed by atoms with Crippen LogP contribution in [0.5, 0.6) is 0 Å². The van der Waals surface area contributed by atoms with E-state index in [0.717, 1.165) is 16.9 Å². The average molecular weight is 310 g/mol. The first-order valence-corrected chi connectivity index (χ1v) is 8.04. The van der Waals surface area contributed by atoms with Crippen molar-refractivity contribution >= 4 is 15.9 Å². The van der Waals surface area contributed by atoms with Gasteiger partial charge in [0.2, 0.25) is 0 Å². The van der Waals surface area contributed by atoms with Crippen LogP contribution in [0.25, 0.3) is 0 Å². The molecule has 1 N–H and O–H groups in total. The van der Waals surface area contributed by atoms with E-state index < -0.39 is 0 Å². The first-order chi connectivity index (χ1) is 8.75. The molecule has 1 saturated carbocycles. The van der Waals surface area contributed by atoms with Crippen LogP contribution >= 0.6 is 15.9 Å². The standard InChI is InChI=1S/C16H24BrN/c1-13(15-7-9-16(17)10-8-15)18-12-11-14-5-3-2-4-6-14/h7-10,13-14,18H,2-6,11-12H2,1H3/t13-/m1/s1. The molecule has 1 aromatic carbocycles. The summed E-state index contributed by atoms with van der Waals surface area (Å²) >= 11 is 3.48. The third-order valence-electron chi connectivity index (χ3n) is 4.10. The van der Waals surface area contributed by atoms with Crippen LogP contribution in [-0.4, -0.2) is 6.54 Å². The molecule has 1 aromatic rings. The largest absolute Gasteiger partial charge is 0.310 e. The van der Waals surface area contributed by atoms with Crippen LogP contribution in [0, 0.1) is 5.92 Å². The van der Waals surface area contributed by atoms with Crippen LogP contribution in [0.15, 0.2) is 28.7 Å². The number of benzene rings is 1. The fourth-order valence-corrected chi connectivity index (χ4v) is 3.11. The summed E-state index contributed by atoms with van der Waals surface area (Å²) in [5, 5.41) is 3.65. The molecular weight excluding hydrogens is 286 g/mol. The smallest absolute Gasteiger partial charge is 0.0291 e. The molecule has 1 atom stereocenters. The summed E-state index contributed by atoms with van der Waals surface area (Å²) in [6.07, 6.45) is 8.61. The summed E-state index contributed by atoms with van der Waals surface area (Å²) in [6.45, 7) is 3.41. The number of rotatable bonds is 5. The Labute approximate surface area is 119 Å². The molecule has 1 nitrogen and oxygen atoms in total. The summed E-state index contributed by atoms with van der Waals surface area (Å²) in [5.41, 5.74) is 1.38. The van der Waals surface area contributed by atoms with Gasteiger partial charge in [0.15, 0.2) is 0 Å². The zero-order valence-electron chi connectivity index (χ0n) is 11.3. The van der Waals surface area contributed by atoms with Crippen LogP contribution in [0.4, 0.5) is 0 Å². The van der Waals surface area contributed by atoms with E-state index in [9.17, 15) is 0 Å². The van der Waals surface area contributed by atoms with Gasteiger partial charge in [0.25, 0.3) is 0 Å². The van der Waals surface area contributed by atoms with E-state index in [-0.39, 0.29) is 0 Å². The Kier molecular flexibility index (Phi) is 5.71. The lowest BCUT2D eigenvalue weighted by atomic mass is 9.87. The van der Waals surface area contributed by atoms with Crippen LogP contribution in [0.3, 0.4) is 0 Å². The van der Waals surface area contributed by atoms with Gasteiger partial charge in [0, 0.05) is 10.5 Å². The molecule has 100 valence electrons. The Morgan fingerprint density at radius 3 is 2.50 bits per heavy atom. The Hall–Kier alpha value is -0.340. The molecule has 1 aliphatic carbocycles. The Balaban J connectivity index is 1.70. The molecule has 2 heteroatoms. The van der Waals surface area contributed by atoms with Crippen LogP contribution in [0.2, 0.25) is 0 Å². The summed E-state index contributed by atoms with van der Waals surface area (Å²) in [6, 6.07) is 9.09. The highest BCUT2D eigenvalue weighted by Gasteiger charge is 2.13. The van der Waals surface area contributed by atoms with E-state index in [1.54, 1.807) is 0 Å². The highest BCUT2D eigenvalue weighted by molar-refractivity contribution is 9.10. The van der Waals surface area contributed by atoms with Gasteiger partial charge in [0.05, 0.1) is 0 Å². The molecule has 0 aliphatic heterocycles. The molecule has 0 spiro atoms. The van der Waals surface area contributed by atoms with Crippen molar-refractivity contribution in [3.8, 4) is 0 Å². The fourth-order valence-electron chi connectivity index (χ4n) is 2.85. The second-order valence-corrected chi connectivity index (χ2v) is 6.44. The molecule has 0 radical (unpaired) electrons. The molecule has 0 bridgehead atoms. The predicted molar refractivity (Wildman–Crippen MR) is 81.8 cm³/mol. The summed E-state index contributed by atoms with van der Waals surface area (Å²) in [5.74, 6) is 0.975. The summed E-state index contributed by atoms with van der Waals surface area (Å²) in [7, 11) is 0. The Morgan fingerprint density at radius 2 is 1.83 bits per heavy atom. The zero-order chi connectivity index (χ0) is 12.8. The van der Waals surface area contributed by atoms with E-state index in [2.05, 4.69) is 52.4 Å². The van der Waals surface area contributed by atoms with Crippen molar-refractivity contribution in [1.29, 1.82) is 0 Å². The third kappa shape index (κ3) is 4.40. The highest BCUT2D eigenvalue weighted by atomic mass is 79.9. The Morgan fingerprint density at radius 1 is 1.17 bits per heavy atom. The minimum Gasteiger partial charge on any atom is -0.310 e. The first kappa shape index (κ1) is 14.1. The number of halogens is 1. The van der Waals surface area contributed by atoms with Crippen molar-refractivity contribution in [3.05, 3.63) is 34.3 Å². The monoisotopic (exact) mass is 309 g/mol. The second-order valence-electron chi connectivity index (χ2n) is 5.52. The van der Waals surface area contributed by atoms with Gasteiger partial charge in [-0.25, -0.2) is 0 Å². The molecule has 1 fully saturated rings. The van der Waals surface area contributed by atoms with E-state index >= 15 is 0 Å². The van der Waals surface area contributed by atoms with Gasteiger partial charge < -0.3 is 5.32 Å². The van der Waals surface area contributed by atoms with Gasteiger partial charge in [-0.1, -0.05) is 60.2 Å². The SMILES string of the molecule is C[C@@H](NCCC1CCCCC1)c1ccc(Br)cc1. The van der Waals surface area contributed by atoms with Crippen molar-refractivity contribution < 1.29 is 0 Å². The average Bonchev–Trinajstić information content (AvgIpc) is 2.40. The molecule has 18 heavy (non-hydrogen) atoms. The highest BCUT2D eigenvalue weighted by Crippen LogP contribution is 2.26. The van der Waals surface area contributed by atoms with Gasteiger partial charge in [-0.2, -0.15) is 0 Å². The molecule has 0 heterocycles. The maximum Gasteiger partial charge on any atom is 0.0291 e. The lowest BCUT2D eigenvalue weighted by molar-refractivity contribution is 0.329. The maximum absolute atomic E-state index is 3.65. The predicted octanol–water partition coefficient (Wildman–Crippen LogP) is 5.07. The number of hydrogen-bond donors (Lipinski definition) is 1. The molecule has 0 saturated heterocycles. The third-order valence-corrected chi connectivity index (χ3v) is 4.63. The normalized spacial score (nSPS) is 18.8. The molecule has 1 aliphatic rings. The van der Waals surface area contributed by atoms with Crippen molar-refractivity contribution in [2.45, 2.75) is 51.5 Å². The van der Waals surface area contributed by atoms with E-state index in [4.69, 9.17) is 0 Å². The van der Waals surface area contributed by atoms with Crippen molar-refractivity contribution in [2.75, 3.05) is 6.54 Å². The summed E-state index contributed by atoms with van der Waals surface area (Å²) < 4.78 is 1.15. The van der Waals surface area contributed by atoms with Crippen molar-refractivity contribution in [3.63, 3.8) is 0 Å². The molecular formula is C16H24BrN. The van der Waals surface area contributed by atoms with Gasteiger partial charge >= 0.3 is 0 Å².